The van der Waals surface area contributed by atoms with Crippen LogP contribution in [0.2, 0.25) is 0 Å². The molecule has 0 aliphatic rings. The first-order valence-corrected chi connectivity index (χ1v) is 9.04. The monoisotopic (exact) mass is 334 g/mol. The quantitative estimate of drug-likeness (QED) is 0.674. The highest BCUT2D eigenvalue weighted by Crippen LogP contribution is 2.33. The molecule has 130 valence electrons. The first-order valence-electron chi connectivity index (χ1n) is 9.04. The lowest BCUT2D eigenvalue weighted by molar-refractivity contribution is 0.226. The second kappa shape index (κ2) is 8.13. The van der Waals surface area contributed by atoms with E-state index in [0.717, 1.165) is 30.6 Å². The highest BCUT2D eigenvalue weighted by Gasteiger charge is 2.17. The molecule has 0 amide bonds. The normalized spacial score (nSPS) is 12.3. The molecule has 1 heterocycles. The summed E-state index contributed by atoms with van der Waals surface area (Å²) in [7, 11) is 0. The van der Waals surface area contributed by atoms with E-state index >= 15 is 0 Å². The summed E-state index contributed by atoms with van der Waals surface area (Å²) < 4.78 is 2.24. The molecule has 0 bridgehead atoms. The fraction of sp³-hybridized carbons (Fsp3) is 0.318. The molecule has 3 aromatic rings. The Morgan fingerprint density at radius 1 is 1.04 bits per heavy atom. The van der Waals surface area contributed by atoms with Crippen molar-refractivity contribution in [2.24, 2.45) is 5.92 Å². The van der Waals surface area contributed by atoms with E-state index in [2.05, 4.69) is 66.9 Å². The maximum Gasteiger partial charge on any atom is 0.0963 e. The maximum atomic E-state index is 9.34. The molecule has 0 aliphatic carbocycles. The minimum atomic E-state index is 0.223. The highest BCUT2D eigenvalue weighted by atomic mass is 16.3. The summed E-state index contributed by atoms with van der Waals surface area (Å²) in [5.74, 6) is 0.289. The summed E-state index contributed by atoms with van der Waals surface area (Å²) in [5.41, 5.74) is 5.92. The van der Waals surface area contributed by atoms with E-state index in [1.807, 2.05) is 12.4 Å². The molecular weight excluding hydrogens is 308 g/mol. The lowest BCUT2D eigenvalue weighted by Crippen LogP contribution is -2.08. The lowest BCUT2D eigenvalue weighted by atomic mass is 9.98. The molecule has 3 rings (SSSR count). The van der Waals surface area contributed by atoms with Crippen LogP contribution in [0.1, 0.15) is 25.8 Å². The molecule has 3 nitrogen and oxygen atoms in total. The molecule has 0 spiro atoms. The van der Waals surface area contributed by atoms with Crippen LogP contribution in [0, 0.1) is 5.92 Å². The topological polar surface area (TPSA) is 38.0 Å². The average Bonchev–Trinajstić information content (AvgIpc) is 3.10. The van der Waals surface area contributed by atoms with Crippen molar-refractivity contribution in [3.63, 3.8) is 0 Å². The SMILES string of the molecule is CCc1ccccc1-c1c(-c2ccccc2)ncn1CC[C@@H](C)CO. The van der Waals surface area contributed by atoms with E-state index in [0.29, 0.717) is 0 Å². The predicted molar refractivity (Wildman–Crippen MR) is 103 cm³/mol. The molecule has 3 heteroatoms. The number of benzene rings is 2. The highest BCUT2D eigenvalue weighted by molar-refractivity contribution is 5.80. The van der Waals surface area contributed by atoms with Gasteiger partial charge >= 0.3 is 0 Å². The van der Waals surface area contributed by atoms with Crippen molar-refractivity contribution in [3.05, 3.63) is 66.5 Å². The van der Waals surface area contributed by atoms with Crippen molar-refractivity contribution in [2.75, 3.05) is 6.61 Å². The zero-order valence-corrected chi connectivity index (χ0v) is 15.0. The minimum absolute atomic E-state index is 0.223. The molecule has 0 saturated heterocycles. The summed E-state index contributed by atoms with van der Waals surface area (Å²) in [5, 5.41) is 9.34. The second-order valence-corrected chi connectivity index (χ2v) is 6.59. The van der Waals surface area contributed by atoms with E-state index in [9.17, 15) is 5.11 Å². The fourth-order valence-electron chi connectivity index (χ4n) is 3.15. The Bertz CT molecular complexity index is 808. The molecular formula is C22H26N2O. The molecule has 2 aromatic carbocycles. The Labute approximate surface area is 150 Å². The summed E-state index contributed by atoms with van der Waals surface area (Å²) in [6.45, 7) is 5.35. The largest absolute Gasteiger partial charge is 0.396 e. The van der Waals surface area contributed by atoms with E-state index in [-0.39, 0.29) is 12.5 Å². The third-order valence-electron chi connectivity index (χ3n) is 4.71. The van der Waals surface area contributed by atoms with Gasteiger partial charge in [-0.05, 0) is 24.3 Å². The van der Waals surface area contributed by atoms with Crippen LogP contribution < -0.4 is 0 Å². The number of rotatable bonds is 7. The van der Waals surface area contributed by atoms with Crippen molar-refractivity contribution in [1.82, 2.24) is 9.55 Å². The predicted octanol–water partition coefficient (Wildman–Crippen LogP) is 4.80. The Morgan fingerprint density at radius 2 is 1.76 bits per heavy atom. The third kappa shape index (κ3) is 3.83. The van der Waals surface area contributed by atoms with Crippen LogP contribution in [-0.4, -0.2) is 21.3 Å². The number of aliphatic hydroxyl groups excluding tert-OH is 1. The Kier molecular flexibility index (Phi) is 5.67. The number of aryl methyl sites for hydroxylation is 2. The van der Waals surface area contributed by atoms with Gasteiger partial charge in [0.25, 0.3) is 0 Å². The summed E-state index contributed by atoms with van der Waals surface area (Å²) in [6, 6.07) is 18.9. The fourth-order valence-corrected chi connectivity index (χ4v) is 3.15. The number of imidazole rings is 1. The van der Waals surface area contributed by atoms with Gasteiger partial charge in [-0.3, -0.25) is 0 Å². The second-order valence-electron chi connectivity index (χ2n) is 6.59. The molecule has 0 saturated carbocycles. The van der Waals surface area contributed by atoms with Gasteiger partial charge in [0, 0.05) is 24.3 Å². The van der Waals surface area contributed by atoms with Crippen LogP contribution in [0.5, 0.6) is 0 Å². The van der Waals surface area contributed by atoms with Crippen LogP contribution in [0.3, 0.4) is 0 Å². The van der Waals surface area contributed by atoms with Gasteiger partial charge in [0.05, 0.1) is 17.7 Å². The van der Waals surface area contributed by atoms with Crippen molar-refractivity contribution in [3.8, 4) is 22.5 Å². The van der Waals surface area contributed by atoms with Gasteiger partial charge in [-0.25, -0.2) is 4.98 Å². The van der Waals surface area contributed by atoms with Crippen molar-refractivity contribution in [2.45, 2.75) is 33.2 Å². The van der Waals surface area contributed by atoms with E-state index in [4.69, 9.17) is 4.98 Å². The number of nitrogens with zero attached hydrogens (tertiary/aromatic N) is 2. The van der Waals surface area contributed by atoms with Gasteiger partial charge in [-0.2, -0.15) is 0 Å². The minimum Gasteiger partial charge on any atom is -0.396 e. The average molecular weight is 334 g/mol. The van der Waals surface area contributed by atoms with Gasteiger partial charge in [-0.1, -0.05) is 68.4 Å². The molecule has 0 unspecified atom stereocenters. The van der Waals surface area contributed by atoms with Crippen LogP contribution in [0.25, 0.3) is 22.5 Å². The first kappa shape index (κ1) is 17.4. The van der Waals surface area contributed by atoms with Crippen LogP contribution >= 0.6 is 0 Å². The summed E-state index contributed by atoms with van der Waals surface area (Å²) in [6.07, 6.45) is 3.86. The molecule has 1 aromatic heterocycles. The number of hydrogen-bond donors (Lipinski definition) is 1. The molecule has 0 fully saturated rings. The van der Waals surface area contributed by atoms with E-state index < -0.39 is 0 Å². The van der Waals surface area contributed by atoms with Gasteiger partial charge in [0.1, 0.15) is 0 Å². The molecule has 0 aliphatic heterocycles. The van der Waals surface area contributed by atoms with Crippen molar-refractivity contribution < 1.29 is 5.11 Å². The molecule has 1 atom stereocenters. The van der Waals surface area contributed by atoms with Crippen LogP contribution in [-0.2, 0) is 13.0 Å². The zero-order valence-electron chi connectivity index (χ0n) is 15.0. The zero-order chi connectivity index (χ0) is 17.6. The summed E-state index contributed by atoms with van der Waals surface area (Å²) in [4.78, 5) is 4.74. The molecule has 1 N–H and O–H groups in total. The smallest absolute Gasteiger partial charge is 0.0963 e. The van der Waals surface area contributed by atoms with Crippen LogP contribution in [0.4, 0.5) is 0 Å². The Balaban J connectivity index is 2.10. The summed E-state index contributed by atoms with van der Waals surface area (Å²) >= 11 is 0. The maximum absolute atomic E-state index is 9.34. The number of aliphatic hydroxyl groups is 1. The molecule has 0 radical (unpaired) electrons. The Morgan fingerprint density at radius 3 is 2.48 bits per heavy atom. The van der Waals surface area contributed by atoms with Gasteiger partial charge < -0.3 is 9.67 Å². The first-order chi connectivity index (χ1) is 12.2. The van der Waals surface area contributed by atoms with E-state index in [1.165, 1.54) is 16.8 Å². The van der Waals surface area contributed by atoms with Gasteiger partial charge in [0.2, 0.25) is 0 Å². The number of hydrogen-bond acceptors (Lipinski definition) is 2. The third-order valence-corrected chi connectivity index (χ3v) is 4.71. The van der Waals surface area contributed by atoms with Crippen LogP contribution in [0.15, 0.2) is 60.9 Å². The van der Waals surface area contributed by atoms with Gasteiger partial charge in [-0.15, -0.1) is 0 Å². The van der Waals surface area contributed by atoms with Gasteiger partial charge in [0.15, 0.2) is 0 Å². The van der Waals surface area contributed by atoms with Crippen molar-refractivity contribution >= 4 is 0 Å². The van der Waals surface area contributed by atoms with Crippen molar-refractivity contribution in [1.29, 1.82) is 0 Å². The Hall–Kier alpha value is -2.39. The molecule has 25 heavy (non-hydrogen) atoms. The van der Waals surface area contributed by atoms with E-state index in [1.54, 1.807) is 0 Å². The number of aromatic nitrogens is 2. The standard InChI is InChI=1S/C22H26N2O/c1-3-18-9-7-8-12-20(18)22-21(19-10-5-4-6-11-19)23-16-24(22)14-13-17(2)15-25/h4-12,16-17,25H,3,13-15H2,1-2H3/t17-/m1/s1. The lowest BCUT2D eigenvalue weighted by Gasteiger charge is -2.15.